The number of nitrogens with zero attached hydrogens (tertiary/aromatic N) is 2. The molecule has 1 saturated heterocycles. The fraction of sp³-hybridized carbons (Fsp3) is 0.400. The molecule has 5 nitrogen and oxygen atoms in total. The minimum Gasteiger partial charge on any atom is -0.399 e. The maximum Gasteiger partial charge on any atom is 0.303 e. The third-order valence-corrected chi connectivity index (χ3v) is 4.75. The Hall–Kier alpha value is -1.27. The van der Waals surface area contributed by atoms with Gasteiger partial charge >= 0.3 is 10.2 Å². The van der Waals surface area contributed by atoms with Crippen LogP contribution in [-0.4, -0.2) is 32.9 Å². The summed E-state index contributed by atoms with van der Waals surface area (Å²) < 4.78 is 26.6. The summed E-state index contributed by atoms with van der Waals surface area (Å²) in [6, 6.07) is 5.27. The molecule has 16 heavy (non-hydrogen) atoms. The first-order valence-corrected chi connectivity index (χ1v) is 6.43. The second-order valence-corrected chi connectivity index (χ2v) is 5.90. The number of hydrogen-bond donors (Lipinski definition) is 1. The fourth-order valence-corrected chi connectivity index (χ4v) is 3.05. The van der Waals surface area contributed by atoms with Crippen molar-refractivity contribution < 1.29 is 8.42 Å². The van der Waals surface area contributed by atoms with E-state index in [1.54, 1.807) is 25.2 Å². The molecule has 0 atom stereocenters. The third kappa shape index (κ3) is 1.64. The molecular formula is C10H15N3O2S. The van der Waals surface area contributed by atoms with E-state index < -0.39 is 10.2 Å². The average Bonchev–Trinajstić information content (AvgIpc) is 2.47. The van der Waals surface area contributed by atoms with Gasteiger partial charge in [0.1, 0.15) is 0 Å². The molecule has 0 saturated carbocycles. The van der Waals surface area contributed by atoms with Gasteiger partial charge in [-0.05, 0) is 30.7 Å². The summed E-state index contributed by atoms with van der Waals surface area (Å²) >= 11 is 0. The number of nitrogens with two attached hydrogens (primary N) is 1. The van der Waals surface area contributed by atoms with Crippen molar-refractivity contribution in [2.75, 3.05) is 30.2 Å². The molecule has 1 aromatic carbocycles. The highest BCUT2D eigenvalue weighted by Crippen LogP contribution is 2.26. The van der Waals surface area contributed by atoms with Gasteiger partial charge in [-0.25, -0.2) is 0 Å². The van der Waals surface area contributed by atoms with Gasteiger partial charge in [0, 0.05) is 25.8 Å². The van der Waals surface area contributed by atoms with Crippen LogP contribution in [0.4, 0.5) is 11.4 Å². The Balaban J connectivity index is 2.43. The lowest BCUT2D eigenvalue weighted by molar-refractivity contribution is 0.511. The van der Waals surface area contributed by atoms with E-state index in [4.69, 9.17) is 5.73 Å². The van der Waals surface area contributed by atoms with Crippen LogP contribution in [0.3, 0.4) is 0 Å². The predicted molar refractivity (Wildman–Crippen MR) is 64.5 cm³/mol. The van der Waals surface area contributed by atoms with Gasteiger partial charge in [-0.15, -0.1) is 0 Å². The molecule has 6 heteroatoms. The normalized spacial score (nSPS) is 20.2. The average molecular weight is 241 g/mol. The maximum absolute atomic E-state index is 11.9. The van der Waals surface area contributed by atoms with E-state index in [-0.39, 0.29) is 0 Å². The molecule has 1 aliphatic heterocycles. The molecular weight excluding hydrogens is 226 g/mol. The molecule has 0 spiro atoms. The zero-order valence-electron chi connectivity index (χ0n) is 9.34. The first-order valence-electron chi connectivity index (χ1n) is 5.03. The van der Waals surface area contributed by atoms with Crippen LogP contribution in [0.15, 0.2) is 18.2 Å². The molecule has 1 aromatic rings. The molecule has 0 amide bonds. The van der Waals surface area contributed by atoms with E-state index >= 15 is 0 Å². The highest BCUT2D eigenvalue weighted by Gasteiger charge is 2.33. The Labute approximate surface area is 95.6 Å². The summed E-state index contributed by atoms with van der Waals surface area (Å²) in [6.07, 6.45) is 0. The largest absolute Gasteiger partial charge is 0.399 e. The molecule has 1 aliphatic rings. The quantitative estimate of drug-likeness (QED) is 0.731. The van der Waals surface area contributed by atoms with Gasteiger partial charge in [0.15, 0.2) is 0 Å². The number of nitrogen functional groups attached to an aromatic ring is 1. The van der Waals surface area contributed by atoms with Gasteiger partial charge < -0.3 is 5.73 Å². The van der Waals surface area contributed by atoms with Gasteiger partial charge in [-0.2, -0.15) is 12.7 Å². The summed E-state index contributed by atoms with van der Waals surface area (Å²) in [6.45, 7) is 2.87. The van der Waals surface area contributed by atoms with E-state index in [1.165, 1.54) is 8.61 Å². The van der Waals surface area contributed by atoms with Gasteiger partial charge in [-0.3, -0.25) is 4.31 Å². The zero-order chi connectivity index (χ0) is 11.9. The number of aryl methyl sites for hydroxylation is 1. The smallest absolute Gasteiger partial charge is 0.303 e. The molecule has 0 aliphatic carbocycles. The van der Waals surface area contributed by atoms with Crippen LogP contribution in [0.25, 0.3) is 0 Å². The van der Waals surface area contributed by atoms with Gasteiger partial charge in [-0.1, -0.05) is 0 Å². The predicted octanol–water partition coefficient (Wildman–Crippen LogP) is 0.574. The molecule has 0 bridgehead atoms. The second-order valence-electron chi connectivity index (χ2n) is 3.94. The van der Waals surface area contributed by atoms with Crippen molar-refractivity contribution in [1.82, 2.24) is 4.31 Å². The van der Waals surface area contributed by atoms with Crippen molar-refractivity contribution in [3.05, 3.63) is 23.8 Å². The minimum atomic E-state index is -3.32. The van der Waals surface area contributed by atoms with Crippen LogP contribution < -0.4 is 10.0 Å². The molecule has 0 aromatic heterocycles. The number of anilines is 2. The lowest BCUT2D eigenvalue weighted by Crippen LogP contribution is -2.30. The summed E-state index contributed by atoms with van der Waals surface area (Å²) in [5, 5.41) is 0. The number of hydrogen-bond acceptors (Lipinski definition) is 3. The molecule has 2 rings (SSSR count). The van der Waals surface area contributed by atoms with Crippen molar-refractivity contribution in [3.63, 3.8) is 0 Å². The van der Waals surface area contributed by atoms with Crippen LogP contribution in [0.5, 0.6) is 0 Å². The van der Waals surface area contributed by atoms with Gasteiger partial charge in [0.25, 0.3) is 0 Å². The van der Waals surface area contributed by atoms with Crippen LogP contribution in [0.2, 0.25) is 0 Å². The molecule has 88 valence electrons. The van der Waals surface area contributed by atoms with E-state index in [0.29, 0.717) is 24.5 Å². The first kappa shape index (κ1) is 11.2. The molecule has 2 N–H and O–H groups in total. The fourth-order valence-electron chi connectivity index (χ4n) is 1.71. The van der Waals surface area contributed by atoms with E-state index in [2.05, 4.69) is 0 Å². The highest BCUT2D eigenvalue weighted by atomic mass is 32.2. The topological polar surface area (TPSA) is 66.6 Å². The van der Waals surface area contributed by atoms with Crippen molar-refractivity contribution in [2.45, 2.75) is 6.92 Å². The molecule has 1 fully saturated rings. The van der Waals surface area contributed by atoms with Crippen LogP contribution in [0.1, 0.15) is 5.56 Å². The zero-order valence-corrected chi connectivity index (χ0v) is 10.2. The van der Waals surface area contributed by atoms with Gasteiger partial charge in [0.05, 0.1) is 5.69 Å². The van der Waals surface area contributed by atoms with E-state index in [1.807, 2.05) is 6.92 Å². The standard InChI is InChI=1S/C10H15N3O2S/c1-8-7-9(3-4-10(8)11)13-6-5-12(2)16(13,14)15/h3-4,7H,5-6,11H2,1-2H3. The van der Waals surface area contributed by atoms with Crippen molar-refractivity contribution in [1.29, 1.82) is 0 Å². The van der Waals surface area contributed by atoms with Crippen molar-refractivity contribution in [3.8, 4) is 0 Å². The Morgan fingerprint density at radius 1 is 1.31 bits per heavy atom. The molecule has 0 radical (unpaired) electrons. The lowest BCUT2D eigenvalue weighted by Gasteiger charge is -2.18. The second kappa shape index (κ2) is 3.64. The molecule has 0 unspecified atom stereocenters. The summed E-state index contributed by atoms with van der Waals surface area (Å²) in [4.78, 5) is 0. The Kier molecular flexibility index (Phi) is 2.55. The Morgan fingerprint density at radius 2 is 2.00 bits per heavy atom. The van der Waals surface area contributed by atoms with Gasteiger partial charge in [0.2, 0.25) is 0 Å². The maximum atomic E-state index is 11.9. The van der Waals surface area contributed by atoms with Crippen LogP contribution in [0, 0.1) is 6.92 Å². The van der Waals surface area contributed by atoms with Crippen molar-refractivity contribution in [2.24, 2.45) is 0 Å². The Bertz CT molecular complexity index is 513. The minimum absolute atomic E-state index is 0.488. The first-order chi connectivity index (χ1) is 7.43. The monoisotopic (exact) mass is 241 g/mol. The van der Waals surface area contributed by atoms with Crippen molar-refractivity contribution >= 4 is 21.6 Å². The summed E-state index contributed by atoms with van der Waals surface area (Å²) in [7, 11) is -1.74. The number of benzene rings is 1. The lowest BCUT2D eigenvalue weighted by atomic mass is 10.2. The van der Waals surface area contributed by atoms with E-state index in [0.717, 1.165) is 5.56 Å². The Morgan fingerprint density at radius 3 is 2.50 bits per heavy atom. The van der Waals surface area contributed by atoms with Crippen LogP contribution >= 0.6 is 0 Å². The van der Waals surface area contributed by atoms with Crippen LogP contribution in [-0.2, 0) is 10.2 Å². The number of rotatable bonds is 1. The highest BCUT2D eigenvalue weighted by molar-refractivity contribution is 7.90. The third-order valence-electron chi connectivity index (χ3n) is 2.83. The van der Waals surface area contributed by atoms with E-state index in [9.17, 15) is 8.42 Å². The summed E-state index contributed by atoms with van der Waals surface area (Å²) in [5.74, 6) is 0. The number of likely N-dealkylation sites (N-methyl/N-ethyl adjacent to an activating group) is 1. The SMILES string of the molecule is Cc1cc(N2CCN(C)S2(=O)=O)ccc1N. The summed E-state index contributed by atoms with van der Waals surface area (Å²) in [5.41, 5.74) is 7.95. The molecule has 1 heterocycles.